The van der Waals surface area contributed by atoms with Crippen LogP contribution in [0.15, 0.2) is 28.9 Å². The first-order valence-electron chi connectivity index (χ1n) is 7.18. The second kappa shape index (κ2) is 7.18. The molecule has 1 N–H and O–H groups in total. The molecule has 1 aromatic carbocycles. The van der Waals surface area contributed by atoms with Crippen molar-refractivity contribution in [2.24, 2.45) is 7.05 Å². The molecule has 0 spiro atoms. The fourth-order valence-electron chi connectivity index (χ4n) is 2.37. The van der Waals surface area contributed by atoms with E-state index in [9.17, 15) is 4.39 Å². The van der Waals surface area contributed by atoms with Crippen molar-refractivity contribution in [1.82, 2.24) is 15.1 Å². The van der Waals surface area contributed by atoms with Gasteiger partial charge in [0.05, 0.1) is 10.7 Å². The Labute approximate surface area is 133 Å². The molecule has 0 aliphatic carbocycles. The lowest BCUT2D eigenvalue weighted by Crippen LogP contribution is -2.24. The van der Waals surface area contributed by atoms with Gasteiger partial charge < -0.3 is 5.32 Å². The number of benzene rings is 1. The van der Waals surface area contributed by atoms with Crippen molar-refractivity contribution in [3.63, 3.8) is 0 Å². The van der Waals surface area contributed by atoms with E-state index < -0.39 is 0 Å². The molecule has 1 aromatic heterocycles. The summed E-state index contributed by atoms with van der Waals surface area (Å²) in [5.41, 5.74) is 3.45. The molecule has 3 nitrogen and oxygen atoms in total. The Morgan fingerprint density at radius 1 is 1.43 bits per heavy atom. The van der Waals surface area contributed by atoms with Gasteiger partial charge in [-0.05, 0) is 59.9 Å². The van der Waals surface area contributed by atoms with Gasteiger partial charge in [0, 0.05) is 24.3 Å². The van der Waals surface area contributed by atoms with Gasteiger partial charge in [-0.15, -0.1) is 0 Å². The summed E-state index contributed by atoms with van der Waals surface area (Å²) in [6.07, 6.45) is 3.80. The van der Waals surface area contributed by atoms with Gasteiger partial charge in [0.2, 0.25) is 0 Å². The van der Waals surface area contributed by atoms with Crippen molar-refractivity contribution in [2.75, 3.05) is 6.54 Å². The standard InChI is InChI=1S/C16H21BrFN3/c1-4-7-19-16(13-10-20-21(3)11(13)2)9-12-5-6-15(18)14(17)8-12/h5-6,8,10,16,19H,4,7,9H2,1-3H3. The van der Waals surface area contributed by atoms with Gasteiger partial charge in [-0.3, -0.25) is 4.68 Å². The molecular weight excluding hydrogens is 333 g/mol. The Hall–Kier alpha value is -1.20. The maximum Gasteiger partial charge on any atom is 0.137 e. The van der Waals surface area contributed by atoms with E-state index in [1.54, 1.807) is 0 Å². The first-order chi connectivity index (χ1) is 10.0. The van der Waals surface area contributed by atoms with E-state index in [0.717, 1.165) is 30.6 Å². The second-order valence-corrected chi connectivity index (χ2v) is 6.12. The van der Waals surface area contributed by atoms with Crippen molar-refractivity contribution >= 4 is 15.9 Å². The molecule has 2 rings (SSSR count). The number of aryl methyl sites for hydroxylation is 1. The van der Waals surface area contributed by atoms with Crippen LogP contribution in [0.2, 0.25) is 0 Å². The fourth-order valence-corrected chi connectivity index (χ4v) is 2.80. The lowest BCUT2D eigenvalue weighted by molar-refractivity contribution is 0.525. The summed E-state index contributed by atoms with van der Waals surface area (Å²) in [7, 11) is 1.95. The van der Waals surface area contributed by atoms with Gasteiger partial charge >= 0.3 is 0 Å². The predicted molar refractivity (Wildman–Crippen MR) is 86.8 cm³/mol. The van der Waals surface area contributed by atoms with Crippen molar-refractivity contribution in [2.45, 2.75) is 32.7 Å². The summed E-state index contributed by atoms with van der Waals surface area (Å²) in [5, 5.41) is 7.89. The van der Waals surface area contributed by atoms with Crippen molar-refractivity contribution in [3.8, 4) is 0 Å². The van der Waals surface area contributed by atoms with E-state index in [-0.39, 0.29) is 11.9 Å². The van der Waals surface area contributed by atoms with Gasteiger partial charge in [0.1, 0.15) is 5.82 Å². The number of hydrogen-bond donors (Lipinski definition) is 1. The molecule has 0 radical (unpaired) electrons. The van der Waals surface area contributed by atoms with Crippen molar-refractivity contribution in [3.05, 3.63) is 51.5 Å². The van der Waals surface area contributed by atoms with Crippen LogP contribution in [0.1, 0.15) is 36.2 Å². The normalized spacial score (nSPS) is 12.6. The third kappa shape index (κ3) is 3.92. The van der Waals surface area contributed by atoms with Crippen molar-refractivity contribution in [1.29, 1.82) is 0 Å². The first kappa shape index (κ1) is 16.2. The minimum absolute atomic E-state index is 0.191. The first-order valence-corrected chi connectivity index (χ1v) is 7.98. The summed E-state index contributed by atoms with van der Waals surface area (Å²) in [6, 6.07) is 5.39. The molecule has 0 saturated carbocycles. The maximum absolute atomic E-state index is 13.4. The van der Waals surface area contributed by atoms with E-state index in [0.29, 0.717) is 4.47 Å². The highest BCUT2D eigenvalue weighted by Gasteiger charge is 2.17. The molecule has 0 fully saturated rings. The highest BCUT2D eigenvalue weighted by atomic mass is 79.9. The lowest BCUT2D eigenvalue weighted by atomic mass is 9.99. The molecule has 0 aliphatic rings. The van der Waals surface area contributed by atoms with Crippen LogP contribution in [0.4, 0.5) is 4.39 Å². The Bertz CT molecular complexity index is 610. The third-order valence-electron chi connectivity index (χ3n) is 3.71. The number of nitrogens with zero attached hydrogens (tertiary/aromatic N) is 2. The zero-order valence-corrected chi connectivity index (χ0v) is 14.2. The zero-order valence-electron chi connectivity index (χ0n) is 12.7. The van der Waals surface area contributed by atoms with E-state index >= 15 is 0 Å². The van der Waals surface area contributed by atoms with Gasteiger partial charge in [-0.2, -0.15) is 5.10 Å². The highest BCUT2D eigenvalue weighted by Crippen LogP contribution is 2.24. The summed E-state index contributed by atoms with van der Waals surface area (Å²) in [4.78, 5) is 0. The predicted octanol–water partition coefficient (Wildman–Crippen LogP) is 3.91. The van der Waals surface area contributed by atoms with Crippen LogP contribution in [0.25, 0.3) is 0 Å². The van der Waals surface area contributed by atoms with E-state index in [2.05, 4.69) is 40.2 Å². The molecule has 1 unspecified atom stereocenters. The average molecular weight is 354 g/mol. The molecule has 5 heteroatoms. The minimum Gasteiger partial charge on any atom is -0.310 e. The van der Waals surface area contributed by atoms with Crippen LogP contribution < -0.4 is 5.32 Å². The van der Waals surface area contributed by atoms with Crippen LogP contribution in [0, 0.1) is 12.7 Å². The van der Waals surface area contributed by atoms with Crippen LogP contribution in [-0.4, -0.2) is 16.3 Å². The zero-order chi connectivity index (χ0) is 15.4. The highest BCUT2D eigenvalue weighted by molar-refractivity contribution is 9.10. The summed E-state index contributed by atoms with van der Waals surface area (Å²) < 4.78 is 15.8. The van der Waals surface area contributed by atoms with E-state index in [4.69, 9.17) is 0 Å². The smallest absolute Gasteiger partial charge is 0.137 e. The Kier molecular flexibility index (Phi) is 5.53. The third-order valence-corrected chi connectivity index (χ3v) is 4.32. The van der Waals surface area contributed by atoms with E-state index in [1.807, 2.05) is 30.1 Å². The van der Waals surface area contributed by atoms with Crippen LogP contribution in [-0.2, 0) is 13.5 Å². The number of hydrogen-bond acceptors (Lipinski definition) is 2. The Morgan fingerprint density at radius 3 is 2.76 bits per heavy atom. The number of halogens is 2. The number of nitrogens with one attached hydrogen (secondary N) is 1. The van der Waals surface area contributed by atoms with Crippen LogP contribution in [0.3, 0.4) is 0 Å². The molecule has 0 aliphatic heterocycles. The van der Waals surface area contributed by atoms with Gasteiger partial charge in [0.15, 0.2) is 0 Å². The molecule has 0 bridgehead atoms. The Morgan fingerprint density at radius 2 is 2.19 bits per heavy atom. The molecule has 21 heavy (non-hydrogen) atoms. The van der Waals surface area contributed by atoms with Gasteiger partial charge in [-0.1, -0.05) is 13.0 Å². The molecular formula is C16H21BrFN3. The van der Waals surface area contributed by atoms with Crippen LogP contribution >= 0.6 is 15.9 Å². The summed E-state index contributed by atoms with van der Waals surface area (Å²) >= 11 is 3.25. The fraction of sp³-hybridized carbons (Fsp3) is 0.438. The van der Waals surface area contributed by atoms with Crippen molar-refractivity contribution < 1.29 is 4.39 Å². The second-order valence-electron chi connectivity index (χ2n) is 5.27. The summed E-state index contributed by atoms with van der Waals surface area (Å²) in [5.74, 6) is -0.227. The Balaban J connectivity index is 2.23. The largest absolute Gasteiger partial charge is 0.310 e. The molecule has 0 saturated heterocycles. The molecule has 1 atom stereocenters. The molecule has 2 aromatic rings. The molecule has 0 amide bonds. The van der Waals surface area contributed by atoms with Gasteiger partial charge in [-0.25, -0.2) is 4.39 Å². The maximum atomic E-state index is 13.4. The molecule has 114 valence electrons. The van der Waals surface area contributed by atoms with Gasteiger partial charge in [0.25, 0.3) is 0 Å². The lowest BCUT2D eigenvalue weighted by Gasteiger charge is -2.19. The summed E-state index contributed by atoms with van der Waals surface area (Å²) in [6.45, 7) is 5.17. The average Bonchev–Trinajstić information content (AvgIpc) is 2.79. The quantitative estimate of drug-likeness (QED) is 0.852. The monoisotopic (exact) mass is 353 g/mol. The number of rotatable bonds is 6. The van der Waals surface area contributed by atoms with E-state index in [1.165, 1.54) is 11.6 Å². The minimum atomic E-state index is -0.227. The SMILES string of the molecule is CCCNC(Cc1ccc(F)c(Br)c1)c1cnn(C)c1C. The van der Waals surface area contributed by atoms with Crippen LogP contribution in [0.5, 0.6) is 0 Å². The molecule has 1 heterocycles. The number of aromatic nitrogens is 2. The topological polar surface area (TPSA) is 29.9 Å².